The van der Waals surface area contributed by atoms with Gasteiger partial charge in [0.05, 0.1) is 11.4 Å². The van der Waals surface area contributed by atoms with Gasteiger partial charge in [-0.2, -0.15) is 13.3 Å². The summed E-state index contributed by atoms with van der Waals surface area (Å²) in [5.74, 6) is 0. The van der Waals surface area contributed by atoms with Gasteiger partial charge in [0, 0.05) is 13.1 Å². The van der Waals surface area contributed by atoms with Gasteiger partial charge in [0.15, 0.2) is 0 Å². The molecule has 1 aromatic rings. The summed E-state index contributed by atoms with van der Waals surface area (Å²) in [7, 11) is 4.04. The van der Waals surface area contributed by atoms with Crippen molar-refractivity contribution in [2.24, 2.45) is 0 Å². The van der Waals surface area contributed by atoms with Crippen LogP contribution in [-0.4, -0.2) is 38.7 Å². The van der Waals surface area contributed by atoms with E-state index in [4.69, 9.17) is 4.98 Å². The normalized spacial score (nSPS) is 16.9. The van der Waals surface area contributed by atoms with E-state index in [9.17, 15) is 0 Å². The van der Waals surface area contributed by atoms with E-state index in [1.54, 1.807) is 0 Å². The first-order chi connectivity index (χ1) is 9.69. The Bertz CT molecular complexity index is 487. The summed E-state index contributed by atoms with van der Waals surface area (Å²) in [4.78, 5) is 13.0. The second-order valence-electron chi connectivity index (χ2n) is 5.12. The molecular formula is C15H19N5Os+2. The topological polar surface area (TPSA) is 25.9 Å². The molecule has 0 N–H and O–H groups in total. The van der Waals surface area contributed by atoms with E-state index < -0.39 is 0 Å². The van der Waals surface area contributed by atoms with Crippen molar-refractivity contribution >= 4 is 0 Å². The Morgan fingerprint density at radius 1 is 0.857 bits per heavy atom. The summed E-state index contributed by atoms with van der Waals surface area (Å²) < 4.78 is 0. The molecule has 0 spiro atoms. The fourth-order valence-electron chi connectivity index (χ4n) is 2.27. The Kier molecular flexibility index (Phi) is 5.25. The molecule has 1 aromatic heterocycles. The number of nitrogens with zero attached hydrogens (tertiary/aromatic N) is 5. The number of hydrogen-bond donors (Lipinski definition) is 0. The number of hydrogen-bond acceptors (Lipinski definition) is 5. The Morgan fingerprint density at radius 3 is 1.71 bits per heavy atom. The van der Waals surface area contributed by atoms with Gasteiger partial charge < -0.3 is 19.6 Å². The molecule has 0 unspecified atom stereocenters. The van der Waals surface area contributed by atoms with E-state index in [2.05, 4.69) is 53.7 Å². The van der Waals surface area contributed by atoms with Crippen LogP contribution in [0.5, 0.6) is 0 Å². The fraction of sp³-hybridized carbons (Fsp3) is 0.267. The van der Waals surface area contributed by atoms with Gasteiger partial charge >= 0.3 is 19.8 Å². The van der Waals surface area contributed by atoms with Crippen molar-refractivity contribution in [3.63, 3.8) is 0 Å². The third kappa shape index (κ3) is 4.21. The third-order valence-corrected chi connectivity index (χ3v) is 3.20. The molecule has 0 saturated heterocycles. The first kappa shape index (κ1) is 15.8. The second kappa shape index (κ2) is 6.95. The van der Waals surface area contributed by atoms with Gasteiger partial charge in [0.1, 0.15) is 0 Å². The zero-order valence-electron chi connectivity index (χ0n) is 12.2. The zero-order chi connectivity index (χ0) is 13.9. The van der Waals surface area contributed by atoms with Crippen LogP contribution in [0.25, 0.3) is 0 Å². The maximum Gasteiger partial charge on any atom is 4.00 e. The molecule has 0 fully saturated rings. The Balaban J connectivity index is 0.00000161. The van der Waals surface area contributed by atoms with Crippen LogP contribution in [0.4, 0.5) is 0 Å². The molecule has 0 bridgehead atoms. The predicted molar refractivity (Wildman–Crippen MR) is 77.7 cm³/mol. The van der Waals surface area contributed by atoms with Crippen LogP contribution in [0.1, 0.15) is 11.4 Å². The van der Waals surface area contributed by atoms with Gasteiger partial charge in [0.2, 0.25) is 0 Å². The molecule has 5 nitrogen and oxygen atoms in total. The smallest absolute Gasteiger partial charge is 0.511 e. The van der Waals surface area contributed by atoms with E-state index in [0.29, 0.717) is 0 Å². The van der Waals surface area contributed by atoms with Crippen molar-refractivity contribution in [1.82, 2.24) is 24.6 Å². The molecule has 2 aliphatic rings. The average Bonchev–Trinajstić information content (AvgIpc) is 2.99. The predicted octanol–water partition coefficient (Wildman–Crippen LogP) is 1.75. The summed E-state index contributed by atoms with van der Waals surface area (Å²) in [6.07, 6.45) is 8.17. The van der Waals surface area contributed by atoms with Crippen molar-refractivity contribution in [2.45, 2.75) is 13.1 Å². The quantitative estimate of drug-likeness (QED) is 0.640. The van der Waals surface area contributed by atoms with E-state index in [1.807, 2.05) is 36.3 Å². The minimum Gasteiger partial charge on any atom is -0.511 e. The van der Waals surface area contributed by atoms with Gasteiger partial charge in [-0.25, -0.2) is 0 Å². The van der Waals surface area contributed by atoms with Crippen molar-refractivity contribution in [1.29, 1.82) is 0 Å². The van der Waals surface area contributed by atoms with Crippen LogP contribution < -0.4 is 0 Å². The van der Waals surface area contributed by atoms with Crippen LogP contribution in [0, 0.1) is 13.3 Å². The molecule has 0 radical (unpaired) electrons. The van der Waals surface area contributed by atoms with Crippen LogP contribution in [0.15, 0.2) is 43.0 Å². The van der Waals surface area contributed by atoms with Crippen molar-refractivity contribution < 1.29 is 19.8 Å². The number of rotatable bonds is 4. The van der Waals surface area contributed by atoms with Crippen LogP contribution >= 0.6 is 0 Å². The largest absolute Gasteiger partial charge is 4.00 e. The van der Waals surface area contributed by atoms with Gasteiger partial charge in [-0.15, -0.1) is 0 Å². The molecule has 0 amide bonds. The van der Waals surface area contributed by atoms with E-state index >= 15 is 0 Å². The van der Waals surface area contributed by atoms with Crippen LogP contribution in [0.2, 0.25) is 0 Å². The number of aromatic nitrogens is 1. The van der Waals surface area contributed by atoms with E-state index in [1.165, 1.54) is 0 Å². The summed E-state index contributed by atoms with van der Waals surface area (Å²) in [5, 5.41) is 0. The maximum absolute atomic E-state index is 4.72. The molecule has 0 atom stereocenters. The molecule has 0 aromatic carbocycles. The molecule has 6 heteroatoms. The van der Waals surface area contributed by atoms with Gasteiger partial charge in [-0.05, 0) is 51.0 Å². The summed E-state index contributed by atoms with van der Waals surface area (Å²) in [5.41, 5.74) is 2.16. The minimum absolute atomic E-state index is 0. The van der Waals surface area contributed by atoms with Gasteiger partial charge in [-0.1, -0.05) is 6.07 Å². The van der Waals surface area contributed by atoms with Crippen LogP contribution in [-0.2, 0) is 32.9 Å². The summed E-state index contributed by atoms with van der Waals surface area (Å²) in [6.45, 7) is 5.71. The molecule has 0 aliphatic carbocycles. The average molecular weight is 460 g/mol. The Morgan fingerprint density at radius 2 is 1.33 bits per heavy atom. The standard InChI is InChI=1S/C15H19N5.Os/c1-17-6-8-19(12-17)10-14-4-3-5-15(16-14)11-20-9-7-18(2)13-20;/h3-9,12-13H,10-11H2,1-2H3;/q-2;+4. The SMILES string of the molecule is CN1C=CN(Cc2cccc(CN3C=CN(C)[CH-]3)n2)[CH-]1.[Os+4]. The van der Waals surface area contributed by atoms with Gasteiger partial charge in [-0.3, -0.25) is 4.98 Å². The third-order valence-electron chi connectivity index (χ3n) is 3.20. The minimum atomic E-state index is 0. The van der Waals surface area contributed by atoms with Crippen LogP contribution in [0.3, 0.4) is 0 Å². The molecule has 21 heavy (non-hydrogen) atoms. The Hall–Kier alpha value is -1.53. The first-order valence-corrected chi connectivity index (χ1v) is 6.66. The van der Waals surface area contributed by atoms with Crippen molar-refractivity contribution in [3.05, 3.63) is 67.7 Å². The molecular weight excluding hydrogens is 440 g/mol. The summed E-state index contributed by atoms with van der Waals surface area (Å²) >= 11 is 0. The second-order valence-corrected chi connectivity index (χ2v) is 5.12. The van der Waals surface area contributed by atoms with Crippen molar-refractivity contribution in [2.75, 3.05) is 14.1 Å². The fourth-order valence-corrected chi connectivity index (χ4v) is 2.27. The monoisotopic (exact) mass is 461 g/mol. The summed E-state index contributed by atoms with van der Waals surface area (Å²) in [6, 6.07) is 6.21. The van der Waals surface area contributed by atoms with Gasteiger partial charge in [0.25, 0.3) is 0 Å². The zero-order valence-corrected chi connectivity index (χ0v) is 14.7. The first-order valence-electron chi connectivity index (χ1n) is 6.66. The number of pyridine rings is 1. The van der Waals surface area contributed by atoms with Crippen molar-refractivity contribution in [3.8, 4) is 0 Å². The van der Waals surface area contributed by atoms with E-state index in [-0.39, 0.29) is 19.8 Å². The molecule has 110 valence electrons. The molecule has 3 rings (SSSR count). The molecule has 3 heterocycles. The molecule has 0 saturated carbocycles. The Labute approximate surface area is 139 Å². The maximum atomic E-state index is 4.72. The molecule has 2 aliphatic heterocycles. The van der Waals surface area contributed by atoms with E-state index in [0.717, 1.165) is 24.5 Å².